The lowest BCUT2D eigenvalue weighted by Gasteiger charge is -2.33. The molecule has 1 aliphatic carbocycles. The third-order valence-electron chi connectivity index (χ3n) is 4.94. The highest BCUT2D eigenvalue weighted by Crippen LogP contribution is 2.30. The normalized spacial score (nSPS) is 19.1. The maximum absolute atomic E-state index is 12.2. The van der Waals surface area contributed by atoms with Crippen molar-refractivity contribution in [1.82, 2.24) is 10.3 Å². The molecule has 0 radical (unpaired) electrons. The Balaban J connectivity index is 1.51. The first kappa shape index (κ1) is 14.5. The van der Waals surface area contributed by atoms with Crippen molar-refractivity contribution in [1.29, 1.82) is 0 Å². The molecule has 2 aliphatic rings. The van der Waals surface area contributed by atoms with Gasteiger partial charge in [0.05, 0.1) is 0 Å². The summed E-state index contributed by atoms with van der Waals surface area (Å²) in [5.41, 5.74) is 1.05. The first-order valence-electron chi connectivity index (χ1n) is 8.62. The van der Waals surface area contributed by atoms with Crippen LogP contribution in [0.4, 0.5) is 5.82 Å². The summed E-state index contributed by atoms with van der Waals surface area (Å²) >= 11 is 0. The number of carbonyl (C=O) groups is 1. The molecular weight excluding hydrogens is 286 g/mol. The van der Waals surface area contributed by atoms with Gasteiger partial charge in [-0.3, -0.25) is 4.79 Å². The van der Waals surface area contributed by atoms with E-state index in [1.54, 1.807) is 0 Å². The van der Waals surface area contributed by atoms with Gasteiger partial charge in [0, 0.05) is 36.1 Å². The van der Waals surface area contributed by atoms with Gasteiger partial charge in [-0.05, 0) is 44.1 Å². The number of aryl methyl sites for hydroxylation is 1. The molecule has 4 rings (SSSR count). The van der Waals surface area contributed by atoms with Crippen LogP contribution in [0.5, 0.6) is 0 Å². The maximum atomic E-state index is 12.2. The van der Waals surface area contributed by atoms with Gasteiger partial charge >= 0.3 is 0 Å². The van der Waals surface area contributed by atoms with E-state index >= 15 is 0 Å². The highest BCUT2D eigenvalue weighted by molar-refractivity contribution is 5.92. The first-order chi connectivity index (χ1) is 11.2. The standard InChI is InChI=1S/C19H23N3O/c1-13-12-15-4-2-3-5-17(15)18(20-13)22-10-8-14(9-11-22)19(23)21-16-6-7-16/h2-5,12,14,16H,6-11H2,1H3,(H,21,23). The SMILES string of the molecule is Cc1cc2ccccc2c(N2CCC(C(=O)NC3CC3)CC2)n1. The molecule has 2 heterocycles. The largest absolute Gasteiger partial charge is 0.356 e. The minimum atomic E-state index is 0.169. The van der Waals surface area contributed by atoms with Gasteiger partial charge in [0.15, 0.2) is 0 Å². The fourth-order valence-electron chi connectivity index (χ4n) is 3.45. The van der Waals surface area contributed by atoms with Crippen LogP contribution in [0, 0.1) is 12.8 Å². The zero-order valence-electron chi connectivity index (χ0n) is 13.6. The molecule has 1 aromatic heterocycles. The van der Waals surface area contributed by atoms with Gasteiger partial charge in [0.1, 0.15) is 5.82 Å². The second-order valence-electron chi connectivity index (χ2n) is 6.85. The Hall–Kier alpha value is -2.10. The van der Waals surface area contributed by atoms with Crippen LogP contribution >= 0.6 is 0 Å². The Morgan fingerprint density at radius 3 is 2.65 bits per heavy atom. The van der Waals surface area contributed by atoms with Crippen molar-refractivity contribution >= 4 is 22.5 Å². The number of carbonyl (C=O) groups excluding carboxylic acids is 1. The Morgan fingerprint density at radius 1 is 1.17 bits per heavy atom. The van der Waals surface area contributed by atoms with Crippen LogP contribution in [0.3, 0.4) is 0 Å². The number of benzene rings is 1. The Labute approximate surface area is 136 Å². The predicted octanol–water partition coefficient (Wildman–Crippen LogP) is 3.04. The molecule has 0 atom stereocenters. The van der Waals surface area contributed by atoms with Crippen molar-refractivity contribution < 1.29 is 4.79 Å². The molecule has 1 amide bonds. The number of nitrogens with zero attached hydrogens (tertiary/aromatic N) is 2. The van der Waals surface area contributed by atoms with E-state index in [2.05, 4.69) is 40.5 Å². The lowest BCUT2D eigenvalue weighted by atomic mass is 9.95. The predicted molar refractivity (Wildman–Crippen MR) is 92.6 cm³/mol. The van der Waals surface area contributed by atoms with Gasteiger partial charge in [-0.15, -0.1) is 0 Å². The summed E-state index contributed by atoms with van der Waals surface area (Å²) < 4.78 is 0. The summed E-state index contributed by atoms with van der Waals surface area (Å²) in [5.74, 6) is 1.50. The second-order valence-corrected chi connectivity index (χ2v) is 6.85. The molecule has 4 nitrogen and oxygen atoms in total. The van der Waals surface area contributed by atoms with E-state index in [0.29, 0.717) is 6.04 Å². The number of rotatable bonds is 3. The molecule has 4 heteroatoms. The molecule has 2 fully saturated rings. The van der Waals surface area contributed by atoms with E-state index in [0.717, 1.165) is 50.3 Å². The number of aromatic nitrogens is 1. The van der Waals surface area contributed by atoms with Crippen LogP contribution < -0.4 is 10.2 Å². The summed E-state index contributed by atoms with van der Waals surface area (Å²) in [6, 6.07) is 11.0. The zero-order valence-corrected chi connectivity index (χ0v) is 13.6. The molecule has 0 unspecified atom stereocenters. The minimum absolute atomic E-state index is 0.169. The van der Waals surface area contributed by atoms with Gasteiger partial charge in [-0.2, -0.15) is 0 Å². The van der Waals surface area contributed by atoms with Crippen LogP contribution in [0.25, 0.3) is 10.8 Å². The van der Waals surface area contributed by atoms with Crippen molar-refractivity contribution in [2.45, 2.75) is 38.6 Å². The van der Waals surface area contributed by atoms with E-state index in [1.165, 1.54) is 10.8 Å². The van der Waals surface area contributed by atoms with E-state index < -0.39 is 0 Å². The lowest BCUT2D eigenvalue weighted by Crippen LogP contribution is -2.41. The summed E-state index contributed by atoms with van der Waals surface area (Å²) in [6.07, 6.45) is 4.15. The molecule has 120 valence electrons. The maximum Gasteiger partial charge on any atom is 0.223 e. The fraction of sp³-hybridized carbons (Fsp3) is 0.474. The molecular formula is C19H23N3O. The van der Waals surface area contributed by atoms with Crippen molar-refractivity contribution in [2.24, 2.45) is 5.92 Å². The zero-order chi connectivity index (χ0) is 15.8. The molecule has 23 heavy (non-hydrogen) atoms. The number of piperidine rings is 1. The number of hydrogen-bond acceptors (Lipinski definition) is 3. The highest BCUT2D eigenvalue weighted by atomic mass is 16.2. The number of amides is 1. The number of nitrogens with one attached hydrogen (secondary N) is 1. The summed E-state index contributed by atoms with van der Waals surface area (Å²) in [6.45, 7) is 3.86. The topological polar surface area (TPSA) is 45.2 Å². The van der Waals surface area contributed by atoms with Gasteiger partial charge in [0.2, 0.25) is 5.91 Å². The highest BCUT2D eigenvalue weighted by Gasteiger charge is 2.30. The van der Waals surface area contributed by atoms with Gasteiger partial charge in [0.25, 0.3) is 0 Å². The van der Waals surface area contributed by atoms with E-state index in [4.69, 9.17) is 4.98 Å². The van der Waals surface area contributed by atoms with Crippen molar-refractivity contribution in [3.8, 4) is 0 Å². The average Bonchev–Trinajstić information content (AvgIpc) is 3.38. The van der Waals surface area contributed by atoms with Crippen LogP contribution in [0.1, 0.15) is 31.4 Å². The van der Waals surface area contributed by atoms with E-state index in [1.807, 2.05) is 6.92 Å². The van der Waals surface area contributed by atoms with Gasteiger partial charge in [-0.1, -0.05) is 24.3 Å². The molecule has 0 spiro atoms. The van der Waals surface area contributed by atoms with Crippen molar-refractivity contribution in [3.63, 3.8) is 0 Å². The van der Waals surface area contributed by atoms with Crippen LogP contribution in [0.2, 0.25) is 0 Å². The summed E-state index contributed by atoms with van der Waals surface area (Å²) in [7, 11) is 0. The molecule has 1 saturated carbocycles. The van der Waals surface area contributed by atoms with Crippen LogP contribution in [-0.4, -0.2) is 30.0 Å². The first-order valence-corrected chi connectivity index (χ1v) is 8.62. The van der Waals surface area contributed by atoms with Crippen LogP contribution in [-0.2, 0) is 4.79 Å². The molecule has 1 saturated heterocycles. The number of hydrogen-bond donors (Lipinski definition) is 1. The van der Waals surface area contributed by atoms with E-state index in [9.17, 15) is 4.79 Å². The minimum Gasteiger partial charge on any atom is -0.356 e. The van der Waals surface area contributed by atoms with Crippen LogP contribution in [0.15, 0.2) is 30.3 Å². The summed E-state index contributed by atoms with van der Waals surface area (Å²) in [4.78, 5) is 19.3. The second kappa shape index (κ2) is 5.84. The van der Waals surface area contributed by atoms with Gasteiger partial charge < -0.3 is 10.2 Å². The molecule has 1 N–H and O–H groups in total. The number of anilines is 1. The Bertz CT molecular complexity index is 730. The van der Waals surface area contributed by atoms with Gasteiger partial charge in [-0.25, -0.2) is 4.98 Å². The number of fused-ring (bicyclic) bond motifs is 1. The monoisotopic (exact) mass is 309 g/mol. The molecule has 0 bridgehead atoms. The lowest BCUT2D eigenvalue weighted by molar-refractivity contribution is -0.125. The third kappa shape index (κ3) is 3.03. The summed E-state index contributed by atoms with van der Waals surface area (Å²) in [5, 5.41) is 5.59. The Morgan fingerprint density at radius 2 is 1.91 bits per heavy atom. The van der Waals surface area contributed by atoms with Crippen molar-refractivity contribution in [3.05, 3.63) is 36.0 Å². The number of pyridine rings is 1. The quantitative estimate of drug-likeness (QED) is 0.948. The molecule has 2 aromatic rings. The third-order valence-corrected chi connectivity index (χ3v) is 4.94. The smallest absolute Gasteiger partial charge is 0.223 e. The Kier molecular flexibility index (Phi) is 3.68. The molecule has 1 aromatic carbocycles. The molecule has 1 aliphatic heterocycles. The fourth-order valence-corrected chi connectivity index (χ4v) is 3.45. The van der Waals surface area contributed by atoms with E-state index in [-0.39, 0.29) is 11.8 Å². The van der Waals surface area contributed by atoms with Crippen molar-refractivity contribution in [2.75, 3.05) is 18.0 Å². The average molecular weight is 309 g/mol.